The Hall–Kier alpha value is -1.04. The number of carboxylic acids is 1. The molecule has 1 aromatic heterocycles. The Kier molecular flexibility index (Phi) is 4.35. The second-order valence-corrected chi connectivity index (χ2v) is 3.83. The zero-order valence-corrected chi connectivity index (χ0v) is 10.1. The van der Waals surface area contributed by atoms with E-state index in [2.05, 4.69) is 20.9 Å². The van der Waals surface area contributed by atoms with E-state index in [-0.39, 0.29) is 17.7 Å². The minimum atomic E-state index is -2.63. The van der Waals surface area contributed by atoms with Gasteiger partial charge in [-0.1, -0.05) is 15.9 Å². The number of aryl methyl sites for hydroxylation is 1. The van der Waals surface area contributed by atoms with E-state index in [0.717, 1.165) is 0 Å². The van der Waals surface area contributed by atoms with Gasteiger partial charge in [0.1, 0.15) is 0 Å². The van der Waals surface area contributed by atoms with Crippen LogP contribution in [0.25, 0.3) is 0 Å². The second-order valence-electron chi connectivity index (χ2n) is 3.27. The van der Waals surface area contributed by atoms with Gasteiger partial charge in [0.2, 0.25) is 0 Å². The van der Waals surface area contributed by atoms with E-state index in [4.69, 9.17) is 5.11 Å². The van der Waals surface area contributed by atoms with Gasteiger partial charge >= 0.3 is 5.97 Å². The molecule has 0 atom stereocenters. The third-order valence-corrected chi connectivity index (χ3v) is 2.66. The van der Waals surface area contributed by atoms with Crippen LogP contribution < -0.4 is 0 Å². The average Bonchev–Trinajstić information content (AvgIpc) is 2.18. The summed E-state index contributed by atoms with van der Waals surface area (Å²) in [6.45, 7) is 1.48. The summed E-state index contributed by atoms with van der Waals surface area (Å²) in [5, 5.41) is 9.00. The number of pyridine rings is 1. The van der Waals surface area contributed by atoms with Crippen molar-refractivity contribution in [1.82, 2.24) is 4.98 Å². The molecule has 0 bridgehead atoms. The summed E-state index contributed by atoms with van der Waals surface area (Å²) in [4.78, 5) is 14.5. The SMILES string of the molecule is Cc1nc(CBr)c(CC(=O)O)cc1C(F)F. The molecule has 0 unspecified atom stereocenters. The highest BCUT2D eigenvalue weighted by Gasteiger charge is 2.16. The lowest BCUT2D eigenvalue weighted by molar-refractivity contribution is -0.136. The number of rotatable bonds is 4. The minimum absolute atomic E-state index is 0.207. The molecule has 3 nitrogen and oxygen atoms in total. The number of hydrogen-bond donors (Lipinski definition) is 1. The number of carbonyl (C=O) groups is 1. The summed E-state index contributed by atoms with van der Waals surface area (Å²) >= 11 is 3.15. The lowest BCUT2D eigenvalue weighted by atomic mass is 10.1. The Bertz CT molecular complexity index is 410. The molecular weight excluding hydrogens is 284 g/mol. The molecule has 0 amide bonds. The van der Waals surface area contributed by atoms with E-state index in [1.54, 1.807) is 0 Å². The van der Waals surface area contributed by atoms with Gasteiger partial charge in [-0.15, -0.1) is 0 Å². The van der Waals surface area contributed by atoms with Crippen molar-refractivity contribution in [3.8, 4) is 0 Å². The number of carboxylic acid groups (broad SMARTS) is 1. The fourth-order valence-electron chi connectivity index (χ4n) is 1.37. The van der Waals surface area contributed by atoms with Crippen LogP contribution in [0.5, 0.6) is 0 Å². The number of aromatic nitrogens is 1. The largest absolute Gasteiger partial charge is 0.481 e. The van der Waals surface area contributed by atoms with Crippen LogP contribution in [0.1, 0.15) is 28.9 Å². The van der Waals surface area contributed by atoms with E-state index in [1.165, 1.54) is 13.0 Å². The van der Waals surface area contributed by atoms with Crippen LogP contribution in [0, 0.1) is 6.92 Å². The summed E-state index contributed by atoms with van der Waals surface area (Å²) in [6.07, 6.45) is -2.93. The van der Waals surface area contributed by atoms with Crippen molar-refractivity contribution in [3.05, 3.63) is 28.6 Å². The van der Waals surface area contributed by atoms with E-state index >= 15 is 0 Å². The fourth-order valence-corrected chi connectivity index (χ4v) is 1.85. The Morgan fingerprint density at radius 2 is 2.25 bits per heavy atom. The van der Waals surface area contributed by atoms with Gasteiger partial charge in [0.05, 0.1) is 12.1 Å². The molecule has 0 aliphatic carbocycles. The fraction of sp³-hybridized carbons (Fsp3) is 0.400. The maximum Gasteiger partial charge on any atom is 0.307 e. The van der Waals surface area contributed by atoms with Gasteiger partial charge in [-0.25, -0.2) is 8.78 Å². The minimum Gasteiger partial charge on any atom is -0.481 e. The number of halogens is 3. The summed E-state index contributed by atoms with van der Waals surface area (Å²) in [6, 6.07) is 1.22. The predicted molar refractivity (Wildman–Crippen MR) is 57.9 cm³/mol. The van der Waals surface area contributed by atoms with Crippen molar-refractivity contribution in [1.29, 1.82) is 0 Å². The molecule has 0 saturated carbocycles. The van der Waals surface area contributed by atoms with E-state index < -0.39 is 12.4 Å². The third-order valence-electron chi connectivity index (χ3n) is 2.12. The van der Waals surface area contributed by atoms with Gasteiger partial charge < -0.3 is 5.11 Å². The molecule has 1 heterocycles. The molecule has 0 aliphatic heterocycles. The van der Waals surface area contributed by atoms with Gasteiger partial charge in [-0.3, -0.25) is 9.78 Å². The lowest BCUT2D eigenvalue weighted by Gasteiger charge is -2.10. The molecule has 0 fully saturated rings. The molecule has 16 heavy (non-hydrogen) atoms. The molecule has 1 aromatic rings. The molecule has 0 aromatic carbocycles. The van der Waals surface area contributed by atoms with Gasteiger partial charge in [0.15, 0.2) is 0 Å². The van der Waals surface area contributed by atoms with Gasteiger partial charge in [0.25, 0.3) is 6.43 Å². The van der Waals surface area contributed by atoms with E-state index in [9.17, 15) is 13.6 Å². The first-order valence-electron chi connectivity index (χ1n) is 4.51. The number of hydrogen-bond acceptors (Lipinski definition) is 2. The first-order valence-corrected chi connectivity index (χ1v) is 5.63. The van der Waals surface area contributed by atoms with Gasteiger partial charge in [0, 0.05) is 16.6 Å². The smallest absolute Gasteiger partial charge is 0.307 e. The van der Waals surface area contributed by atoms with Crippen LogP contribution in [-0.4, -0.2) is 16.1 Å². The summed E-state index contributed by atoms with van der Waals surface area (Å²) in [5.74, 6) is -1.06. The van der Waals surface area contributed by atoms with Gasteiger partial charge in [-0.2, -0.15) is 0 Å². The lowest BCUT2D eigenvalue weighted by Crippen LogP contribution is -2.07. The summed E-state index contributed by atoms with van der Waals surface area (Å²) in [5.41, 5.74) is 0.842. The first-order chi connectivity index (χ1) is 7.45. The van der Waals surface area contributed by atoms with Gasteiger partial charge in [-0.05, 0) is 18.6 Å². The zero-order valence-electron chi connectivity index (χ0n) is 8.51. The highest BCUT2D eigenvalue weighted by Crippen LogP contribution is 2.25. The van der Waals surface area contributed by atoms with Crippen LogP contribution in [-0.2, 0) is 16.5 Å². The monoisotopic (exact) mass is 293 g/mol. The molecule has 6 heteroatoms. The first kappa shape index (κ1) is 13.0. The average molecular weight is 294 g/mol. The van der Waals surface area contributed by atoms with Crippen LogP contribution in [0.2, 0.25) is 0 Å². The Morgan fingerprint density at radius 1 is 1.62 bits per heavy atom. The van der Waals surface area contributed by atoms with Crippen LogP contribution in [0.3, 0.4) is 0 Å². The third kappa shape index (κ3) is 2.98. The predicted octanol–water partition coefficient (Wildman–Crippen LogP) is 2.85. The summed E-state index contributed by atoms with van der Waals surface area (Å²) in [7, 11) is 0. The highest BCUT2D eigenvalue weighted by atomic mass is 79.9. The molecule has 0 spiro atoms. The van der Waals surface area contributed by atoms with Crippen LogP contribution >= 0.6 is 15.9 Å². The Labute approximate surface area is 99.6 Å². The van der Waals surface area contributed by atoms with Crippen molar-refractivity contribution >= 4 is 21.9 Å². The molecule has 1 rings (SSSR count). The second kappa shape index (κ2) is 5.34. The topological polar surface area (TPSA) is 50.2 Å². The van der Waals surface area contributed by atoms with Crippen LogP contribution in [0.4, 0.5) is 8.78 Å². The van der Waals surface area contributed by atoms with E-state index in [0.29, 0.717) is 16.6 Å². The normalized spacial score (nSPS) is 10.8. The molecule has 88 valence electrons. The van der Waals surface area contributed by atoms with Crippen molar-refractivity contribution in [2.75, 3.05) is 0 Å². The van der Waals surface area contributed by atoms with Crippen molar-refractivity contribution in [2.45, 2.75) is 25.1 Å². The number of nitrogens with zero attached hydrogens (tertiary/aromatic N) is 1. The molecule has 0 saturated heterocycles. The Balaban J connectivity index is 3.22. The number of alkyl halides is 3. The van der Waals surface area contributed by atoms with Crippen molar-refractivity contribution in [3.63, 3.8) is 0 Å². The summed E-state index contributed by atoms with van der Waals surface area (Å²) < 4.78 is 25.2. The number of aliphatic carboxylic acids is 1. The maximum atomic E-state index is 12.6. The quantitative estimate of drug-likeness (QED) is 0.869. The van der Waals surface area contributed by atoms with E-state index in [1.807, 2.05) is 0 Å². The Morgan fingerprint density at radius 3 is 2.69 bits per heavy atom. The molecular formula is C10H10BrF2NO2. The zero-order chi connectivity index (χ0) is 12.3. The standard InChI is InChI=1S/C10H10BrF2NO2/c1-5-7(10(12)13)2-6(3-9(15)16)8(4-11)14-5/h2,10H,3-4H2,1H3,(H,15,16). The van der Waals surface area contributed by atoms with Crippen LogP contribution in [0.15, 0.2) is 6.07 Å². The molecule has 1 N–H and O–H groups in total. The van der Waals surface area contributed by atoms with Crippen molar-refractivity contribution in [2.24, 2.45) is 0 Å². The molecule has 0 aliphatic rings. The van der Waals surface area contributed by atoms with Crippen molar-refractivity contribution < 1.29 is 18.7 Å². The highest BCUT2D eigenvalue weighted by molar-refractivity contribution is 9.08. The maximum absolute atomic E-state index is 12.6. The molecule has 0 radical (unpaired) electrons.